The fourth-order valence-corrected chi connectivity index (χ4v) is 1.50. The van der Waals surface area contributed by atoms with Crippen LogP contribution < -0.4 is 0 Å². The van der Waals surface area contributed by atoms with Crippen molar-refractivity contribution < 1.29 is 19.1 Å². The maximum atomic E-state index is 11.6. The van der Waals surface area contributed by atoms with Gasteiger partial charge in [-0.05, 0) is 24.5 Å². The van der Waals surface area contributed by atoms with Crippen LogP contribution in [0.2, 0.25) is 0 Å². The fraction of sp³-hybridized carbons (Fsp3) is 0.312. The van der Waals surface area contributed by atoms with Gasteiger partial charge >= 0.3 is 5.97 Å². The molecule has 1 aromatic rings. The highest BCUT2D eigenvalue weighted by Crippen LogP contribution is 2.03. The molecule has 0 fully saturated rings. The number of ether oxygens (including phenoxy) is 1. The molecule has 0 N–H and O–H groups in total. The third-order valence-electron chi connectivity index (χ3n) is 2.60. The largest absolute Gasteiger partial charge is 0.460 e. The van der Waals surface area contributed by atoms with Gasteiger partial charge in [0.2, 0.25) is 5.78 Å². The summed E-state index contributed by atoms with van der Waals surface area (Å²) in [7, 11) is 0. The second kappa shape index (κ2) is 8.80. The van der Waals surface area contributed by atoms with Crippen LogP contribution in [-0.2, 0) is 19.1 Å². The van der Waals surface area contributed by atoms with Crippen molar-refractivity contribution in [3.8, 4) is 0 Å². The van der Waals surface area contributed by atoms with Crippen LogP contribution >= 0.6 is 0 Å². The lowest BCUT2D eigenvalue weighted by atomic mass is 10.1. The standard InChI is InChI=1S/C16H18O4/c1-13(17)16(19)20-12-6-5-9-15(18)11-10-14-7-3-2-4-8-14/h2-4,7-8,10-11H,5-6,9,12H2,1H3. The molecule has 1 rings (SSSR count). The van der Waals surface area contributed by atoms with Crippen LogP contribution in [0.3, 0.4) is 0 Å². The molecule has 0 radical (unpaired) electrons. The van der Waals surface area contributed by atoms with Gasteiger partial charge in [0, 0.05) is 13.3 Å². The molecule has 1 aromatic carbocycles. The molecule has 0 aliphatic rings. The second-order valence-corrected chi connectivity index (χ2v) is 4.36. The molecule has 0 aromatic heterocycles. The van der Waals surface area contributed by atoms with Crippen molar-refractivity contribution >= 4 is 23.6 Å². The Bertz CT molecular complexity index is 488. The third kappa shape index (κ3) is 6.64. The minimum atomic E-state index is -0.819. The van der Waals surface area contributed by atoms with Crippen molar-refractivity contribution in [1.82, 2.24) is 0 Å². The molecule has 106 valence electrons. The number of allylic oxidation sites excluding steroid dienone is 1. The first-order valence-corrected chi connectivity index (χ1v) is 6.53. The van der Waals surface area contributed by atoms with E-state index in [4.69, 9.17) is 4.74 Å². The zero-order chi connectivity index (χ0) is 14.8. The van der Waals surface area contributed by atoms with E-state index in [9.17, 15) is 14.4 Å². The quantitative estimate of drug-likeness (QED) is 0.316. The van der Waals surface area contributed by atoms with Gasteiger partial charge in [0.1, 0.15) is 0 Å². The van der Waals surface area contributed by atoms with Crippen LogP contribution in [-0.4, -0.2) is 24.1 Å². The number of Topliss-reactive ketones (excluding diaryl/α,β-unsaturated/α-hetero) is 1. The van der Waals surface area contributed by atoms with Gasteiger partial charge < -0.3 is 4.74 Å². The zero-order valence-electron chi connectivity index (χ0n) is 11.5. The van der Waals surface area contributed by atoms with E-state index >= 15 is 0 Å². The summed E-state index contributed by atoms with van der Waals surface area (Å²) in [5.41, 5.74) is 0.983. The monoisotopic (exact) mass is 274 g/mol. The molecule has 0 bridgehead atoms. The molecule has 0 atom stereocenters. The minimum absolute atomic E-state index is 0.0340. The number of carbonyl (C=O) groups is 3. The van der Waals surface area contributed by atoms with Crippen LogP contribution in [0.1, 0.15) is 31.7 Å². The molecular formula is C16H18O4. The summed E-state index contributed by atoms with van der Waals surface area (Å²) in [6, 6.07) is 9.58. The van der Waals surface area contributed by atoms with Crippen molar-refractivity contribution in [3.63, 3.8) is 0 Å². The predicted molar refractivity (Wildman–Crippen MR) is 76.0 cm³/mol. The molecule has 4 nitrogen and oxygen atoms in total. The van der Waals surface area contributed by atoms with Gasteiger partial charge in [-0.1, -0.05) is 36.4 Å². The normalized spacial score (nSPS) is 10.4. The van der Waals surface area contributed by atoms with Gasteiger partial charge in [0.15, 0.2) is 5.78 Å². The van der Waals surface area contributed by atoms with E-state index in [1.54, 1.807) is 12.2 Å². The highest BCUT2D eigenvalue weighted by molar-refractivity contribution is 6.32. The van der Waals surface area contributed by atoms with E-state index in [2.05, 4.69) is 0 Å². The number of hydrogen-bond donors (Lipinski definition) is 0. The molecule has 0 aliphatic carbocycles. The number of rotatable bonds is 8. The lowest BCUT2D eigenvalue weighted by Gasteiger charge is -2.01. The van der Waals surface area contributed by atoms with Crippen molar-refractivity contribution in [1.29, 1.82) is 0 Å². The summed E-state index contributed by atoms with van der Waals surface area (Å²) in [5.74, 6) is -1.39. The minimum Gasteiger partial charge on any atom is -0.460 e. The molecule has 0 amide bonds. The maximum absolute atomic E-state index is 11.6. The van der Waals surface area contributed by atoms with Crippen LogP contribution in [0.25, 0.3) is 6.08 Å². The molecule has 4 heteroatoms. The third-order valence-corrected chi connectivity index (χ3v) is 2.60. The van der Waals surface area contributed by atoms with Crippen molar-refractivity contribution in [2.24, 2.45) is 0 Å². The Morgan fingerprint density at radius 1 is 1.10 bits per heavy atom. The van der Waals surface area contributed by atoms with Crippen molar-refractivity contribution in [2.75, 3.05) is 6.61 Å². The van der Waals surface area contributed by atoms with Crippen LogP contribution in [0.15, 0.2) is 36.4 Å². The Balaban J connectivity index is 2.16. The van der Waals surface area contributed by atoms with E-state index in [-0.39, 0.29) is 12.4 Å². The molecule has 0 saturated heterocycles. The van der Waals surface area contributed by atoms with Gasteiger partial charge in [-0.25, -0.2) is 4.79 Å². The van der Waals surface area contributed by atoms with E-state index in [1.807, 2.05) is 30.3 Å². The van der Waals surface area contributed by atoms with E-state index in [0.717, 1.165) is 5.56 Å². The average Bonchev–Trinajstić information content (AvgIpc) is 2.45. The van der Waals surface area contributed by atoms with E-state index in [0.29, 0.717) is 19.3 Å². The lowest BCUT2D eigenvalue weighted by Crippen LogP contribution is -2.14. The number of ketones is 2. The van der Waals surface area contributed by atoms with Crippen molar-refractivity contribution in [2.45, 2.75) is 26.2 Å². The molecule has 0 spiro atoms. The molecule has 0 saturated carbocycles. The SMILES string of the molecule is CC(=O)C(=O)OCCCCC(=O)C=Cc1ccccc1. The molecule has 0 unspecified atom stereocenters. The Morgan fingerprint density at radius 3 is 2.45 bits per heavy atom. The smallest absolute Gasteiger partial charge is 0.374 e. The topological polar surface area (TPSA) is 60.4 Å². The lowest BCUT2D eigenvalue weighted by molar-refractivity contribution is -0.153. The van der Waals surface area contributed by atoms with Gasteiger partial charge in [-0.15, -0.1) is 0 Å². The number of carbonyl (C=O) groups excluding carboxylic acids is 3. The fourth-order valence-electron chi connectivity index (χ4n) is 1.50. The summed E-state index contributed by atoms with van der Waals surface area (Å²) in [6.07, 6.45) is 4.93. The van der Waals surface area contributed by atoms with Crippen LogP contribution in [0.5, 0.6) is 0 Å². The van der Waals surface area contributed by atoms with Gasteiger partial charge in [-0.3, -0.25) is 9.59 Å². The molecule has 20 heavy (non-hydrogen) atoms. The summed E-state index contributed by atoms with van der Waals surface area (Å²) in [6.45, 7) is 1.34. The number of esters is 1. The van der Waals surface area contributed by atoms with Gasteiger partial charge in [0.25, 0.3) is 0 Å². The maximum Gasteiger partial charge on any atom is 0.374 e. The predicted octanol–water partition coefficient (Wildman–Crippen LogP) is 2.57. The first kappa shape index (κ1) is 15.8. The first-order chi connectivity index (χ1) is 9.59. The molecule has 0 aliphatic heterocycles. The summed E-state index contributed by atoms with van der Waals surface area (Å²) < 4.78 is 4.70. The van der Waals surface area contributed by atoms with Crippen molar-refractivity contribution in [3.05, 3.63) is 42.0 Å². The second-order valence-electron chi connectivity index (χ2n) is 4.36. The Hall–Kier alpha value is -2.23. The Morgan fingerprint density at radius 2 is 1.80 bits per heavy atom. The number of benzene rings is 1. The molecule has 0 heterocycles. The van der Waals surface area contributed by atoms with Gasteiger partial charge in [0.05, 0.1) is 6.61 Å². The highest BCUT2D eigenvalue weighted by atomic mass is 16.5. The summed E-state index contributed by atoms with van der Waals surface area (Å²) >= 11 is 0. The highest BCUT2D eigenvalue weighted by Gasteiger charge is 2.07. The summed E-state index contributed by atoms with van der Waals surface area (Å²) in [5, 5.41) is 0. The van der Waals surface area contributed by atoms with Crippen LogP contribution in [0, 0.1) is 0 Å². The van der Waals surface area contributed by atoms with E-state index < -0.39 is 11.8 Å². The number of hydrogen-bond acceptors (Lipinski definition) is 4. The summed E-state index contributed by atoms with van der Waals surface area (Å²) in [4.78, 5) is 33.0. The van der Waals surface area contributed by atoms with Gasteiger partial charge in [-0.2, -0.15) is 0 Å². The Kier molecular flexibility index (Phi) is 6.96. The van der Waals surface area contributed by atoms with Crippen LogP contribution in [0.4, 0.5) is 0 Å². The first-order valence-electron chi connectivity index (χ1n) is 6.53. The number of unbranched alkanes of at least 4 members (excludes halogenated alkanes) is 1. The average molecular weight is 274 g/mol. The Labute approximate surface area is 118 Å². The zero-order valence-corrected chi connectivity index (χ0v) is 11.5. The van der Waals surface area contributed by atoms with E-state index in [1.165, 1.54) is 6.92 Å². The molecular weight excluding hydrogens is 256 g/mol.